The molecule has 9 heteroatoms. The molecule has 0 unspecified atom stereocenters. The highest BCUT2D eigenvalue weighted by Crippen LogP contribution is 2.41. The molecule has 2 heterocycles. The fourth-order valence-corrected chi connectivity index (χ4v) is 8.94. The predicted molar refractivity (Wildman–Crippen MR) is 170 cm³/mol. The molecule has 0 radical (unpaired) electrons. The summed E-state index contributed by atoms with van der Waals surface area (Å²) >= 11 is 6.32. The van der Waals surface area contributed by atoms with E-state index >= 15 is 0 Å². The largest absolute Gasteiger partial charge is 0.487 e. The van der Waals surface area contributed by atoms with Gasteiger partial charge in [-0.05, 0) is 110 Å². The molecule has 232 valence electrons. The van der Waals surface area contributed by atoms with Crippen LogP contribution in [-0.4, -0.2) is 43.9 Å². The van der Waals surface area contributed by atoms with Gasteiger partial charge < -0.3 is 14.7 Å². The molecular weight excluding hydrogens is 584 g/mol. The molecule has 2 aliphatic carbocycles. The first-order valence-corrected chi connectivity index (χ1v) is 17.8. The fraction of sp³-hybridized carbons (Fsp3) is 0.559. The van der Waals surface area contributed by atoms with Crippen LogP contribution < -0.4 is 14.4 Å². The van der Waals surface area contributed by atoms with Crippen molar-refractivity contribution >= 4 is 33.2 Å². The molecule has 0 saturated heterocycles. The van der Waals surface area contributed by atoms with Crippen LogP contribution in [0.15, 0.2) is 48.6 Å². The van der Waals surface area contributed by atoms with Gasteiger partial charge in [-0.15, -0.1) is 0 Å². The van der Waals surface area contributed by atoms with Crippen LogP contribution in [0, 0.1) is 23.7 Å². The van der Waals surface area contributed by atoms with Crippen LogP contribution in [0.4, 0.5) is 5.69 Å². The van der Waals surface area contributed by atoms with Gasteiger partial charge in [0, 0.05) is 23.7 Å². The smallest absolute Gasteiger partial charge is 0.264 e. The quantitative estimate of drug-likeness (QED) is 0.381. The van der Waals surface area contributed by atoms with Crippen molar-refractivity contribution in [3.8, 4) is 5.75 Å². The lowest BCUT2D eigenvalue weighted by atomic mass is 9.70. The lowest BCUT2D eigenvalue weighted by Crippen LogP contribution is -2.44. The van der Waals surface area contributed by atoms with E-state index in [0.717, 1.165) is 69.3 Å². The van der Waals surface area contributed by atoms with Crippen molar-refractivity contribution in [1.82, 2.24) is 4.72 Å². The molecule has 0 aromatic heterocycles. The summed E-state index contributed by atoms with van der Waals surface area (Å²) in [5.41, 5.74) is 3.34. The van der Waals surface area contributed by atoms with E-state index in [1.165, 1.54) is 5.56 Å². The first kappa shape index (κ1) is 30.5. The number of aliphatic hydroxyl groups is 1. The standard InChI is InChI=1S/C34H43ClN2O5S/c1-22-5-4-7-31(38)29-14-11-26(29)20-37-16-3-2-6-24-18-28(35)13-10-27(24)21-42-32-15-12-25(19-30(32)37)34(39)36-43(40,41)33(22)17-23-8-9-23/h4,7,10,12-13,15,18-19,22-23,26,29,31,33,38H,2-3,5-6,8-9,11,14,16-17,20-21H2,1H3,(H,36,39)/b7-4-/t22-,26-,29+,31-,33-/m0/s1. The Bertz CT molecular complexity index is 1470. The number of amides is 1. The number of benzene rings is 2. The minimum absolute atomic E-state index is 0.144. The third-order valence-electron chi connectivity index (χ3n) is 9.98. The highest BCUT2D eigenvalue weighted by Gasteiger charge is 2.39. The molecule has 2 fully saturated rings. The van der Waals surface area contributed by atoms with E-state index in [4.69, 9.17) is 16.3 Å². The van der Waals surface area contributed by atoms with Crippen LogP contribution in [0.5, 0.6) is 5.75 Å². The van der Waals surface area contributed by atoms with Gasteiger partial charge in [0.2, 0.25) is 10.0 Å². The Kier molecular flexibility index (Phi) is 9.09. The number of nitrogens with one attached hydrogen (secondary N) is 1. The number of allylic oxidation sites excluding steroid dienone is 1. The minimum atomic E-state index is -3.93. The number of fused-ring (bicyclic) bond motifs is 3. The SMILES string of the molecule is C[C@H]1C/C=C\[C@H](O)[C@@H]2CC[C@H]2CN2CCCCc3cc(Cl)ccc3COc3ccc(cc32)C(=O)NS(=O)(=O)[C@H]1CC1CC1. The number of carbonyl (C=O) groups excluding carboxylic acids is 1. The first-order valence-electron chi connectivity index (χ1n) is 15.9. The fourth-order valence-electron chi connectivity index (χ4n) is 6.97. The number of aryl methyl sites for hydroxylation is 1. The zero-order valence-corrected chi connectivity index (χ0v) is 26.5. The molecule has 2 aromatic rings. The highest BCUT2D eigenvalue weighted by atomic mass is 35.5. The third-order valence-corrected chi connectivity index (χ3v) is 12.1. The number of sulfonamides is 1. The number of halogens is 1. The van der Waals surface area contributed by atoms with Gasteiger partial charge in [-0.25, -0.2) is 13.1 Å². The number of hydrogen-bond donors (Lipinski definition) is 2. The van der Waals surface area contributed by atoms with E-state index < -0.39 is 27.3 Å². The van der Waals surface area contributed by atoms with Crippen molar-refractivity contribution in [1.29, 1.82) is 0 Å². The molecule has 2 saturated carbocycles. The second-order valence-corrected chi connectivity index (χ2v) is 15.5. The monoisotopic (exact) mass is 626 g/mol. The summed E-state index contributed by atoms with van der Waals surface area (Å²) in [6, 6.07) is 11.1. The summed E-state index contributed by atoms with van der Waals surface area (Å²) in [4.78, 5) is 15.8. The molecule has 2 N–H and O–H groups in total. The molecule has 43 heavy (non-hydrogen) atoms. The average molecular weight is 627 g/mol. The molecule has 1 amide bonds. The van der Waals surface area contributed by atoms with E-state index in [1.54, 1.807) is 18.2 Å². The Labute approximate surface area is 260 Å². The molecule has 2 aromatic carbocycles. The third kappa shape index (κ3) is 7.07. The summed E-state index contributed by atoms with van der Waals surface area (Å²) in [7, 11) is -3.93. The van der Waals surface area contributed by atoms with E-state index in [-0.39, 0.29) is 11.8 Å². The Hall–Kier alpha value is -2.55. The summed E-state index contributed by atoms with van der Waals surface area (Å²) < 4.78 is 36.2. The van der Waals surface area contributed by atoms with Crippen LogP contribution in [0.1, 0.15) is 79.8 Å². The Morgan fingerprint density at radius 2 is 1.91 bits per heavy atom. The Morgan fingerprint density at radius 1 is 1.07 bits per heavy atom. The zero-order valence-electron chi connectivity index (χ0n) is 24.9. The maximum Gasteiger partial charge on any atom is 0.264 e. The molecule has 2 bridgehead atoms. The second-order valence-electron chi connectivity index (χ2n) is 13.1. The van der Waals surface area contributed by atoms with Crippen LogP contribution in [0.3, 0.4) is 0 Å². The van der Waals surface area contributed by atoms with Crippen molar-refractivity contribution in [2.45, 2.75) is 82.7 Å². The van der Waals surface area contributed by atoms with Crippen LogP contribution >= 0.6 is 11.6 Å². The van der Waals surface area contributed by atoms with Gasteiger partial charge in [0.05, 0.1) is 17.0 Å². The zero-order chi connectivity index (χ0) is 30.1. The van der Waals surface area contributed by atoms with Crippen LogP contribution in [0.25, 0.3) is 0 Å². The number of anilines is 1. The van der Waals surface area contributed by atoms with Gasteiger partial charge in [0.25, 0.3) is 5.91 Å². The van der Waals surface area contributed by atoms with Gasteiger partial charge in [-0.1, -0.05) is 49.6 Å². The average Bonchev–Trinajstić information content (AvgIpc) is 3.78. The summed E-state index contributed by atoms with van der Waals surface area (Å²) in [5, 5.41) is 11.2. The molecular formula is C34H43ClN2O5S. The van der Waals surface area contributed by atoms with Crippen molar-refractivity contribution in [3.63, 3.8) is 0 Å². The van der Waals surface area contributed by atoms with E-state index in [1.807, 2.05) is 37.3 Å². The van der Waals surface area contributed by atoms with Crippen molar-refractivity contribution in [2.24, 2.45) is 23.7 Å². The number of ether oxygens (including phenoxy) is 1. The summed E-state index contributed by atoms with van der Waals surface area (Å²) in [6.45, 7) is 3.78. The first-order chi connectivity index (χ1) is 20.7. The van der Waals surface area contributed by atoms with Gasteiger partial charge >= 0.3 is 0 Å². The van der Waals surface area contributed by atoms with Gasteiger partial charge in [-0.2, -0.15) is 0 Å². The van der Waals surface area contributed by atoms with Crippen molar-refractivity contribution in [3.05, 3.63) is 70.3 Å². The van der Waals surface area contributed by atoms with Crippen LogP contribution in [-0.2, 0) is 23.1 Å². The van der Waals surface area contributed by atoms with Crippen molar-refractivity contribution < 1.29 is 23.1 Å². The van der Waals surface area contributed by atoms with E-state index in [2.05, 4.69) is 9.62 Å². The summed E-state index contributed by atoms with van der Waals surface area (Å²) in [5.74, 6) is 0.693. The lowest BCUT2D eigenvalue weighted by Gasteiger charge is -2.42. The Morgan fingerprint density at radius 3 is 2.67 bits per heavy atom. The number of hydrogen-bond acceptors (Lipinski definition) is 6. The molecule has 7 nitrogen and oxygen atoms in total. The van der Waals surface area contributed by atoms with Gasteiger partial charge in [0.15, 0.2) is 0 Å². The maximum absolute atomic E-state index is 13.7. The summed E-state index contributed by atoms with van der Waals surface area (Å²) in [6.07, 6.45) is 11.2. The predicted octanol–water partition coefficient (Wildman–Crippen LogP) is 6.27. The second kappa shape index (κ2) is 12.8. The van der Waals surface area contributed by atoms with Gasteiger partial charge in [0.1, 0.15) is 12.4 Å². The molecule has 0 spiro atoms. The normalized spacial score (nSPS) is 30.3. The van der Waals surface area contributed by atoms with Crippen LogP contribution in [0.2, 0.25) is 5.02 Å². The van der Waals surface area contributed by atoms with Gasteiger partial charge in [-0.3, -0.25) is 4.79 Å². The molecule has 4 aliphatic rings. The van der Waals surface area contributed by atoms with Crippen molar-refractivity contribution in [2.75, 3.05) is 18.0 Å². The number of nitrogens with zero attached hydrogens (tertiary/aromatic N) is 1. The molecule has 2 aliphatic heterocycles. The van der Waals surface area contributed by atoms with E-state index in [0.29, 0.717) is 47.6 Å². The topological polar surface area (TPSA) is 95.9 Å². The number of rotatable bonds is 2. The lowest BCUT2D eigenvalue weighted by molar-refractivity contribution is 0.0461. The molecule has 5 atom stereocenters. The molecule has 6 rings (SSSR count). The minimum Gasteiger partial charge on any atom is -0.487 e. The number of aliphatic hydroxyl groups excluding tert-OH is 1. The highest BCUT2D eigenvalue weighted by molar-refractivity contribution is 7.90. The Balaban J connectivity index is 1.37. The maximum atomic E-state index is 13.7. The van der Waals surface area contributed by atoms with E-state index in [9.17, 15) is 18.3 Å². The number of carbonyl (C=O) groups is 1.